The molecule has 1 aromatic rings. The molecule has 1 rings (SSSR count). The predicted molar refractivity (Wildman–Crippen MR) is 118 cm³/mol. The molecular weight excluding hydrogens is 354 g/mol. The molecule has 0 aliphatic carbocycles. The summed E-state index contributed by atoms with van der Waals surface area (Å²) in [6.45, 7) is 16.5. The largest absolute Gasteiger partial charge is 0.481 e. The maximum Gasteiger partial charge on any atom is 0.303 e. The van der Waals surface area contributed by atoms with Gasteiger partial charge in [-0.15, -0.1) is 11.3 Å². The molecule has 1 aromatic heterocycles. The van der Waals surface area contributed by atoms with E-state index in [1.807, 2.05) is 11.3 Å². The summed E-state index contributed by atoms with van der Waals surface area (Å²) >= 11 is 1.95. The molecule has 0 aliphatic rings. The molecule has 0 fully saturated rings. The molecule has 2 atom stereocenters. The molecule has 0 bridgehead atoms. The number of nitrogens with two attached hydrogens (primary N) is 1. The SMILES string of the molecule is CCC(CN)CC(CCCc1cc(C(C)(C)C)sc1C(C)(C)C)CC(=O)O. The third-order valence-electron chi connectivity index (χ3n) is 5.33. The molecule has 0 spiro atoms. The monoisotopic (exact) mass is 395 g/mol. The van der Waals surface area contributed by atoms with Gasteiger partial charge in [0.25, 0.3) is 0 Å². The highest BCUT2D eigenvalue weighted by Gasteiger charge is 2.26. The number of aryl methyl sites for hydroxylation is 1. The number of carboxylic acids is 1. The van der Waals surface area contributed by atoms with E-state index in [2.05, 4.69) is 54.5 Å². The van der Waals surface area contributed by atoms with E-state index in [0.29, 0.717) is 12.5 Å². The number of aliphatic carboxylic acids is 1. The molecule has 0 saturated heterocycles. The minimum atomic E-state index is -0.687. The minimum Gasteiger partial charge on any atom is -0.481 e. The zero-order chi connectivity index (χ0) is 20.8. The topological polar surface area (TPSA) is 63.3 Å². The van der Waals surface area contributed by atoms with E-state index in [9.17, 15) is 9.90 Å². The van der Waals surface area contributed by atoms with Gasteiger partial charge in [0.15, 0.2) is 0 Å². The fraction of sp³-hybridized carbons (Fsp3) is 0.783. The molecular formula is C23H41NO2S. The molecule has 2 unspecified atom stereocenters. The third-order valence-corrected chi connectivity index (χ3v) is 7.36. The van der Waals surface area contributed by atoms with Crippen molar-refractivity contribution in [3.8, 4) is 0 Å². The molecule has 156 valence electrons. The van der Waals surface area contributed by atoms with Gasteiger partial charge in [0.1, 0.15) is 0 Å². The van der Waals surface area contributed by atoms with E-state index in [1.165, 1.54) is 15.3 Å². The first-order valence-electron chi connectivity index (χ1n) is 10.4. The smallest absolute Gasteiger partial charge is 0.303 e. The minimum absolute atomic E-state index is 0.150. The Kier molecular flexibility index (Phi) is 9.01. The molecule has 27 heavy (non-hydrogen) atoms. The number of carboxylic acid groups (broad SMARTS) is 1. The molecule has 3 nitrogen and oxygen atoms in total. The van der Waals surface area contributed by atoms with Crippen LogP contribution in [0.4, 0.5) is 0 Å². The summed E-state index contributed by atoms with van der Waals surface area (Å²) in [4.78, 5) is 14.2. The van der Waals surface area contributed by atoms with Crippen LogP contribution in [0, 0.1) is 11.8 Å². The van der Waals surface area contributed by atoms with Crippen LogP contribution in [0.5, 0.6) is 0 Å². The van der Waals surface area contributed by atoms with Crippen molar-refractivity contribution in [1.82, 2.24) is 0 Å². The first-order valence-corrected chi connectivity index (χ1v) is 11.3. The lowest BCUT2D eigenvalue weighted by Gasteiger charge is -2.21. The Bertz CT molecular complexity index is 589. The van der Waals surface area contributed by atoms with Gasteiger partial charge in [0, 0.05) is 16.2 Å². The third kappa shape index (κ3) is 7.95. The van der Waals surface area contributed by atoms with E-state index in [-0.39, 0.29) is 23.2 Å². The molecule has 0 saturated carbocycles. The van der Waals surface area contributed by atoms with Crippen LogP contribution < -0.4 is 5.73 Å². The van der Waals surface area contributed by atoms with Crippen LogP contribution in [0.3, 0.4) is 0 Å². The normalized spacial score (nSPS) is 15.0. The van der Waals surface area contributed by atoms with E-state index < -0.39 is 5.97 Å². The number of thiophene rings is 1. The summed E-state index contributed by atoms with van der Waals surface area (Å²) in [5, 5.41) is 9.27. The predicted octanol–water partition coefficient (Wildman–Crippen LogP) is 6.13. The Morgan fingerprint density at radius 2 is 1.78 bits per heavy atom. The number of hydrogen-bond acceptors (Lipinski definition) is 3. The van der Waals surface area contributed by atoms with Gasteiger partial charge >= 0.3 is 5.97 Å². The Hall–Kier alpha value is -0.870. The molecule has 1 heterocycles. The van der Waals surface area contributed by atoms with E-state index in [4.69, 9.17) is 5.73 Å². The summed E-state index contributed by atoms with van der Waals surface area (Å²) in [5.74, 6) is -0.0178. The van der Waals surface area contributed by atoms with Gasteiger partial charge < -0.3 is 10.8 Å². The zero-order valence-corrected chi connectivity index (χ0v) is 19.3. The standard InChI is InChI=1S/C23H41NO2S/c1-8-16(15-24)12-17(13-20(25)26)10-9-11-18-14-19(22(2,3)4)27-21(18)23(5,6)7/h14,16-17H,8-13,15,24H2,1-7H3,(H,25,26). The fourth-order valence-corrected chi connectivity index (χ4v) is 4.98. The van der Waals surface area contributed by atoms with Crippen molar-refractivity contribution >= 4 is 17.3 Å². The second-order valence-corrected chi connectivity index (χ2v) is 11.1. The fourth-order valence-electron chi connectivity index (χ4n) is 3.65. The lowest BCUT2D eigenvalue weighted by atomic mass is 9.85. The van der Waals surface area contributed by atoms with Gasteiger partial charge in [-0.2, -0.15) is 0 Å². The Morgan fingerprint density at radius 1 is 1.15 bits per heavy atom. The van der Waals surface area contributed by atoms with Gasteiger partial charge in [0.2, 0.25) is 0 Å². The highest BCUT2D eigenvalue weighted by molar-refractivity contribution is 7.12. The van der Waals surface area contributed by atoms with Crippen molar-refractivity contribution < 1.29 is 9.90 Å². The van der Waals surface area contributed by atoms with Gasteiger partial charge in [-0.1, -0.05) is 54.9 Å². The molecule has 4 heteroatoms. The van der Waals surface area contributed by atoms with Crippen LogP contribution in [0.1, 0.15) is 95.9 Å². The summed E-state index contributed by atoms with van der Waals surface area (Å²) in [6, 6.07) is 2.40. The van der Waals surface area contributed by atoms with Gasteiger partial charge in [0.05, 0.1) is 0 Å². The Labute approximate surface area is 170 Å². The average Bonchev–Trinajstić information content (AvgIpc) is 2.96. The lowest BCUT2D eigenvalue weighted by molar-refractivity contribution is -0.138. The Morgan fingerprint density at radius 3 is 2.22 bits per heavy atom. The van der Waals surface area contributed by atoms with Gasteiger partial charge in [-0.3, -0.25) is 4.79 Å². The van der Waals surface area contributed by atoms with E-state index in [0.717, 1.165) is 32.1 Å². The van der Waals surface area contributed by atoms with Crippen LogP contribution in [-0.4, -0.2) is 17.6 Å². The van der Waals surface area contributed by atoms with Crippen molar-refractivity contribution in [3.05, 3.63) is 21.4 Å². The van der Waals surface area contributed by atoms with Gasteiger partial charge in [-0.25, -0.2) is 0 Å². The second-order valence-electron chi connectivity index (χ2n) is 10.1. The summed E-state index contributed by atoms with van der Waals surface area (Å²) < 4.78 is 0. The van der Waals surface area contributed by atoms with Crippen LogP contribution in [0.15, 0.2) is 6.07 Å². The quantitative estimate of drug-likeness (QED) is 0.501. The van der Waals surface area contributed by atoms with Crippen molar-refractivity contribution in [1.29, 1.82) is 0 Å². The Balaban J connectivity index is 2.85. The maximum absolute atomic E-state index is 11.3. The molecule has 0 radical (unpaired) electrons. The van der Waals surface area contributed by atoms with Crippen LogP contribution in [-0.2, 0) is 22.0 Å². The van der Waals surface area contributed by atoms with E-state index in [1.54, 1.807) is 0 Å². The van der Waals surface area contributed by atoms with Gasteiger partial charge in [-0.05, 0) is 66.5 Å². The molecule has 0 aliphatic heterocycles. The first kappa shape index (κ1) is 24.2. The zero-order valence-electron chi connectivity index (χ0n) is 18.5. The highest BCUT2D eigenvalue weighted by atomic mass is 32.1. The summed E-state index contributed by atoms with van der Waals surface area (Å²) in [6.07, 6.45) is 5.27. The number of hydrogen-bond donors (Lipinski definition) is 2. The van der Waals surface area contributed by atoms with E-state index >= 15 is 0 Å². The van der Waals surface area contributed by atoms with Crippen molar-refractivity contribution in [2.45, 2.75) is 97.8 Å². The maximum atomic E-state index is 11.3. The van der Waals surface area contributed by atoms with Crippen LogP contribution >= 0.6 is 11.3 Å². The molecule has 0 aromatic carbocycles. The lowest BCUT2D eigenvalue weighted by Crippen LogP contribution is -2.19. The average molecular weight is 396 g/mol. The van der Waals surface area contributed by atoms with Crippen molar-refractivity contribution in [3.63, 3.8) is 0 Å². The summed E-state index contributed by atoms with van der Waals surface area (Å²) in [5.41, 5.74) is 7.62. The summed E-state index contributed by atoms with van der Waals surface area (Å²) in [7, 11) is 0. The second kappa shape index (κ2) is 10.1. The molecule has 3 N–H and O–H groups in total. The highest BCUT2D eigenvalue weighted by Crippen LogP contribution is 2.39. The van der Waals surface area contributed by atoms with Crippen molar-refractivity contribution in [2.24, 2.45) is 17.6 Å². The van der Waals surface area contributed by atoms with Crippen molar-refractivity contribution in [2.75, 3.05) is 6.54 Å². The number of carbonyl (C=O) groups is 1. The first-order chi connectivity index (χ1) is 12.4. The molecule has 0 amide bonds. The van der Waals surface area contributed by atoms with Crippen LogP contribution in [0.25, 0.3) is 0 Å². The number of rotatable bonds is 10. The van der Waals surface area contributed by atoms with Crippen LogP contribution in [0.2, 0.25) is 0 Å².